The average molecular weight is 280 g/mol. The Labute approximate surface area is 118 Å². The van der Waals surface area contributed by atoms with E-state index in [2.05, 4.69) is 4.74 Å². The normalized spacial score (nSPS) is 13.8. The van der Waals surface area contributed by atoms with E-state index in [0.29, 0.717) is 17.1 Å². The number of aliphatic hydroxyl groups excluding tert-OH is 1. The molecular formula is C15H20O5. The van der Waals surface area contributed by atoms with Gasteiger partial charge in [0.1, 0.15) is 0 Å². The van der Waals surface area contributed by atoms with Crippen molar-refractivity contribution in [2.75, 3.05) is 21.3 Å². The third kappa shape index (κ3) is 3.74. The minimum Gasteiger partial charge on any atom is -0.493 e. The fourth-order valence-corrected chi connectivity index (χ4v) is 1.83. The van der Waals surface area contributed by atoms with Gasteiger partial charge in [0, 0.05) is 17.6 Å². The number of aliphatic hydroxyl groups is 1. The van der Waals surface area contributed by atoms with Crippen molar-refractivity contribution in [2.24, 2.45) is 5.92 Å². The molecule has 0 bridgehead atoms. The summed E-state index contributed by atoms with van der Waals surface area (Å²) < 4.78 is 15.0. The maximum absolute atomic E-state index is 11.1. The number of rotatable bonds is 6. The first kappa shape index (κ1) is 16.0. The van der Waals surface area contributed by atoms with E-state index in [-0.39, 0.29) is 5.92 Å². The van der Waals surface area contributed by atoms with Crippen LogP contribution in [0.4, 0.5) is 0 Å². The minimum absolute atomic E-state index is 0.282. The van der Waals surface area contributed by atoms with Crippen molar-refractivity contribution < 1.29 is 24.1 Å². The molecule has 5 nitrogen and oxygen atoms in total. The van der Waals surface area contributed by atoms with E-state index in [1.807, 2.05) is 0 Å². The lowest BCUT2D eigenvalue weighted by Crippen LogP contribution is -2.10. The predicted molar refractivity (Wildman–Crippen MR) is 74.8 cm³/mol. The Morgan fingerprint density at radius 1 is 1.25 bits per heavy atom. The van der Waals surface area contributed by atoms with E-state index in [9.17, 15) is 9.90 Å². The van der Waals surface area contributed by atoms with Crippen molar-refractivity contribution in [1.29, 1.82) is 0 Å². The van der Waals surface area contributed by atoms with Crippen LogP contribution in [0.1, 0.15) is 18.6 Å². The van der Waals surface area contributed by atoms with Crippen LogP contribution in [-0.4, -0.2) is 32.4 Å². The van der Waals surface area contributed by atoms with E-state index < -0.39 is 12.1 Å². The van der Waals surface area contributed by atoms with E-state index >= 15 is 0 Å². The summed E-state index contributed by atoms with van der Waals surface area (Å²) in [5.74, 6) is 0.297. The lowest BCUT2D eigenvalue weighted by molar-refractivity contribution is -0.134. The van der Waals surface area contributed by atoms with Gasteiger partial charge in [0.2, 0.25) is 0 Å². The number of carbonyl (C=O) groups excluding carboxylic acids is 1. The van der Waals surface area contributed by atoms with Gasteiger partial charge in [-0.3, -0.25) is 0 Å². The molecule has 0 spiro atoms. The highest BCUT2D eigenvalue weighted by Crippen LogP contribution is 2.37. The number of benzene rings is 1. The molecule has 0 radical (unpaired) electrons. The molecule has 20 heavy (non-hydrogen) atoms. The van der Waals surface area contributed by atoms with E-state index in [1.165, 1.54) is 27.4 Å². The van der Waals surface area contributed by atoms with Crippen molar-refractivity contribution in [3.63, 3.8) is 0 Å². The highest BCUT2D eigenvalue weighted by atomic mass is 16.5. The molecule has 2 unspecified atom stereocenters. The van der Waals surface area contributed by atoms with Gasteiger partial charge in [0.25, 0.3) is 0 Å². The number of methoxy groups -OCH3 is 3. The molecule has 1 aromatic carbocycles. The van der Waals surface area contributed by atoms with E-state index in [1.54, 1.807) is 31.2 Å². The van der Waals surface area contributed by atoms with Gasteiger partial charge >= 0.3 is 5.97 Å². The second-order valence-corrected chi connectivity index (χ2v) is 4.27. The molecule has 1 rings (SSSR count). The number of hydrogen-bond acceptors (Lipinski definition) is 5. The molecule has 0 aliphatic rings. The van der Waals surface area contributed by atoms with Crippen molar-refractivity contribution in [2.45, 2.75) is 13.0 Å². The first-order valence-electron chi connectivity index (χ1n) is 6.20. The highest BCUT2D eigenvalue weighted by molar-refractivity contribution is 5.81. The van der Waals surface area contributed by atoms with Gasteiger partial charge in [-0.2, -0.15) is 0 Å². The second-order valence-electron chi connectivity index (χ2n) is 4.27. The Morgan fingerprint density at radius 2 is 1.95 bits per heavy atom. The predicted octanol–water partition coefficient (Wildman–Crippen LogP) is 2.10. The minimum atomic E-state index is -0.819. The van der Waals surface area contributed by atoms with Crippen LogP contribution in [0.25, 0.3) is 0 Å². The van der Waals surface area contributed by atoms with Gasteiger partial charge in [-0.25, -0.2) is 4.79 Å². The first-order valence-corrected chi connectivity index (χ1v) is 6.20. The summed E-state index contributed by atoms with van der Waals surface area (Å²) in [6.07, 6.45) is 2.07. The Balaban J connectivity index is 2.99. The van der Waals surface area contributed by atoms with Crippen LogP contribution in [0.3, 0.4) is 0 Å². The molecule has 0 aliphatic heterocycles. The van der Waals surface area contributed by atoms with Crippen molar-refractivity contribution in [3.05, 3.63) is 35.9 Å². The van der Waals surface area contributed by atoms with Crippen LogP contribution in [-0.2, 0) is 9.53 Å². The topological polar surface area (TPSA) is 65.0 Å². The van der Waals surface area contributed by atoms with E-state index in [4.69, 9.17) is 9.47 Å². The van der Waals surface area contributed by atoms with Gasteiger partial charge in [0.15, 0.2) is 11.5 Å². The SMILES string of the molecule is COC(=O)/C=C/C(C)C(O)c1cccc(OC)c1OC. The van der Waals surface area contributed by atoms with Crippen molar-refractivity contribution >= 4 is 5.97 Å². The quantitative estimate of drug-likeness (QED) is 0.638. The fraction of sp³-hybridized carbons (Fsp3) is 0.400. The summed E-state index contributed by atoms with van der Waals surface area (Å²) >= 11 is 0. The van der Waals surface area contributed by atoms with Gasteiger partial charge in [-0.1, -0.05) is 25.1 Å². The summed E-state index contributed by atoms with van der Waals surface area (Å²) in [5, 5.41) is 10.4. The molecule has 0 aliphatic carbocycles. The molecule has 0 amide bonds. The largest absolute Gasteiger partial charge is 0.493 e. The van der Waals surface area contributed by atoms with Gasteiger partial charge in [0.05, 0.1) is 27.4 Å². The number of esters is 1. The fourth-order valence-electron chi connectivity index (χ4n) is 1.83. The molecule has 0 aromatic heterocycles. The molecule has 0 saturated heterocycles. The molecule has 5 heteroatoms. The van der Waals surface area contributed by atoms with Gasteiger partial charge < -0.3 is 19.3 Å². The standard InChI is InChI=1S/C15H20O5/c1-10(8-9-13(16)19-3)14(17)11-6-5-7-12(18-2)15(11)20-4/h5-10,14,17H,1-4H3/b9-8+. The molecule has 1 aromatic rings. The highest BCUT2D eigenvalue weighted by Gasteiger charge is 2.20. The van der Waals surface area contributed by atoms with E-state index in [0.717, 1.165) is 0 Å². The first-order chi connectivity index (χ1) is 9.54. The maximum Gasteiger partial charge on any atom is 0.330 e. The number of carbonyl (C=O) groups is 1. The van der Waals surface area contributed by atoms with Crippen molar-refractivity contribution in [1.82, 2.24) is 0 Å². The van der Waals surface area contributed by atoms with Crippen molar-refractivity contribution in [3.8, 4) is 11.5 Å². The average Bonchev–Trinajstić information content (AvgIpc) is 2.50. The third-order valence-electron chi connectivity index (χ3n) is 2.99. The molecule has 1 N–H and O–H groups in total. The number of para-hydroxylation sites is 1. The Bertz CT molecular complexity index is 481. The molecule has 110 valence electrons. The summed E-state index contributed by atoms with van der Waals surface area (Å²) in [5.41, 5.74) is 0.605. The zero-order valence-corrected chi connectivity index (χ0v) is 12.1. The maximum atomic E-state index is 11.1. The monoisotopic (exact) mass is 280 g/mol. The second kappa shape index (κ2) is 7.55. The van der Waals surface area contributed by atoms with Crippen LogP contribution in [0, 0.1) is 5.92 Å². The smallest absolute Gasteiger partial charge is 0.330 e. The molecule has 0 saturated carbocycles. The lowest BCUT2D eigenvalue weighted by atomic mass is 9.96. The summed E-state index contributed by atoms with van der Waals surface area (Å²) in [6.45, 7) is 1.79. The molecular weight excluding hydrogens is 260 g/mol. The molecule has 0 heterocycles. The Kier molecular flexibility index (Phi) is 6.06. The lowest BCUT2D eigenvalue weighted by Gasteiger charge is -2.20. The van der Waals surface area contributed by atoms with Crippen LogP contribution < -0.4 is 9.47 Å². The summed E-state index contributed by atoms with van der Waals surface area (Å²) in [6, 6.07) is 5.29. The van der Waals surface area contributed by atoms with Gasteiger partial charge in [-0.05, 0) is 6.07 Å². The van der Waals surface area contributed by atoms with Crippen LogP contribution in [0.15, 0.2) is 30.4 Å². The third-order valence-corrected chi connectivity index (χ3v) is 2.99. The zero-order valence-electron chi connectivity index (χ0n) is 12.1. The zero-order chi connectivity index (χ0) is 15.1. The molecule has 0 fully saturated rings. The number of hydrogen-bond donors (Lipinski definition) is 1. The number of ether oxygens (including phenoxy) is 3. The van der Waals surface area contributed by atoms with Crippen LogP contribution in [0.2, 0.25) is 0 Å². The van der Waals surface area contributed by atoms with Crippen LogP contribution in [0.5, 0.6) is 11.5 Å². The Hall–Kier alpha value is -2.01. The summed E-state index contributed by atoms with van der Waals surface area (Å²) in [4.78, 5) is 11.1. The van der Waals surface area contributed by atoms with Gasteiger partial charge in [-0.15, -0.1) is 0 Å². The molecule has 2 atom stereocenters. The van der Waals surface area contributed by atoms with Crippen LogP contribution >= 0.6 is 0 Å². The summed E-state index contributed by atoms with van der Waals surface area (Å²) in [7, 11) is 4.36. The Morgan fingerprint density at radius 3 is 2.50 bits per heavy atom.